The van der Waals surface area contributed by atoms with E-state index in [1.54, 1.807) is 12.4 Å². The number of pyridine rings is 1. The Morgan fingerprint density at radius 1 is 0.692 bits per heavy atom. The molecule has 26 heavy (non-hydrogen) atoms. The van der Waals surface area contributed by atoms with E-state index in [1.165, 1.54) is 11.4 Å². The number of rotatable bonds is 4. The van der Waals surface area contributed by atoms with Gasteiger partial charge in [0.15, 0.2) is 0 Å². The molecular formula is C22H22N4. The zero-order valence-electron chi connectivity index (χ0n) is 14.7. The van der Waals surface area contributed by atoms with Crippen LogP contribution in [-0.4, -0.2) is 37.4 Å². The molecule has 4 rings (SSSR count). The summed E-state index contributed by atoms with van der Waals surface area (Å²) in [5.41, 5.74) is 4.39. The third-order valence-electron chi connectivity index (χ3n) is 4.65. The highest BCUT2D eigenvalue weighted by Gasteiger charge is 2.17. The second-order valence-electron chi connectivity index (χ2n) is 6.34. The smallest absolute Gasteiger partial charge is 0.0812 e. The highest BCUT2D eigenvalue weighted by atomic mass is 15.3. The molecule has 2 heterocycles. The Kier molecular flexibility index (Phi) is 4.92. The summed E-state index contributed by atoms with van der Waals surface area (Å²) in [7, 11) is 0. The molecule has 0 aliphatic carbocycles. The van der Waals surface area contributed by atoms with Crippen molar-refractivity contribution in [2.45, 2.75) is 0 Å². The molecule has 1 fully saturated rings. The fourth-order valence-electron chi connectivity index (χ4n) is 3.20. The van der Waals surface area contributed by atoms with Crippen molar-refractivity contribution in [3.05, 3.63) is 84.7 Å². The standard InChI is InChI=1S/C22H22N4/c1-2-7-21(8-3-1)25-14-16-26(17-15-25)22-11-9-19(10-12-22)24-18-20-6-4-5-13-23-20/h1-13,18H,14-17H2. The van der Waals surface area contributed by atoms with Crippen LogP contribution < -0.4 is 9.80 Å². The SMILES string of the molecule is C(=Nc1ccc(N2CCN(c3ccccc3)CC2)cc1)c1ccccn1. The minimum atomic E-state index is 0.869. The van der Waals surface area contributed by atoms with Crippen molar-refractivity contribution >= 4 is 23.3 Å². The normalized spacial score (nSPS) is 14.8. The summed E-state index contributed by atoms with van der Waals surface area (Å²) in [6.45, 7) is 4.16. The van der Waals surface area contributed by atoms with E-state index < -0.39 is 0 Å². The molecule has 0 unspecified atom stereocenters. The third kappa shape index (κ3) is 3.91. The van der Waals surface area contributed by atoms with E-state index in [-0.39, 0.29) is 0 Å². The van der Waals surface area contributed by atoms with Gasteiger partial charge in [-0.25, -0.2) is 0 Å². The van der Waals surface area contributed by atoms with Gasteiger partial charge in [-0.2, -0.15) is 0 Å². The number of piperazine rings is 1. The number of aromatic nitrogens is 1. The van der Waals surface area contributed by atoms with Crippen molar-refractivity contribution < 1.29 is 0 Å². The largest absolute Gasteiger partial charge is 0.368 e. The van der Waals surface area contributed by atoms with Gasteiger partial charge in [-0.1, -0.05) is 24.3 Å². The van der Waals surface area contributed by atoms with Crippen molar-refractivity contribution in [1.29, 1.82) is 0 Å². The minimum Gasteiger partial charge on any atom is -0.368 e. The summed E-state index contributed by atoms with van der Waals surface area (Å²) in [6, 6.07) is 24.9. The highest BCUT2D eigenvalue weighted by Crippen LogP contribution is 2.23. The lowest BCUT2D eigenvalue weighted by atomic mass is 10.2. The predicted octanol–water partition coefficient (Wildman–Crippen LogP) is 4.16. The fraction of sp³-hybridized carbons (Fsp3) is 0.182. The number of hydrogen-bond acceptors (Lipinski definition) is 4. The molecule has 0 spiro atoms. The van der Waals surface area contributed by atoms with Crippen LogP contribution in [0.25, 0.3) is 0 Å². The molecule has 0 amide bonds. The second-order valence-corrected chi connectivity index (χ2v) is 6.34. The maximum atomic E-state index is 4.50. The minimum absolute atomic E-state index is 0.869. The number of aliphatic imine (C=N–C) groups is 1. The lowest BCUT2D eigenvalue weighted by Gasteiger charge is -2.37. The molecule has 1 saturated heterocycles. The molecule has 1 aliphatic heterocycles. The number of para-hydroxylation sites is 1. The Morgan fingerprint density at radius 2 is 1.31 bits per heavy atom. The molecule has 0 N–H and O–H groups in total. The summed E-state index contributed by atoms with van der Waals surface area (Å²) in [5, 5.41) is 0. The molecule has 3 aromatic rings. The Morgan fingerprint density at radius 3 is 1.92 bits per heavy atom. The first-order chi connectivity index (χ1) is 12.9. The van der Waals surface area contributed by atoms with E-state index in [0.29, 0.717) is 0 Å². The fourth-order valence-corrected chi connectivity index (χ4v) is 3.20. The first kappa shape index (κ1) is 16.3. The number of benzene rings is 2. The molecule has 0 radical (unpaired) electrons. The molecule has 1 aromatic heterocycles. The van der Waals surface area contributed by atoms with Crippen LogP contribution in [0.3, 0.4) is 0 Å². The van der Waals surface area contributed by atoms with E-state index in [2.05, 4.69) is 74.4 Å². The molecule has 130 valence electrons. The van der Waals surface area contributed by atoms with Crippen molar-refractivity contribution in [3.63, 3.8) is 0 Å². The molecule has 4 heteroatoms. The van der Waals surface area contributed by atoms with Crippen molar-refractivity contribution in [2.75, 3.05) is 36.0 Å². The predicted molar refractivity (Wildman–Crippen MR) is 109 cm³/mol. The van der Waals surface area contributed by atoms with Gasteiger partial charge in [-0.05, 0) is 48.5 Å². The van der Waals surface area contributed by atoms with Gasteiger partial charge in [-0.15, -0.1) is 0 Å². The molecule has 2 aromatic carbocycles. The van der Waals surface area contributed by atoms with Crippen LogP contribution in [-0.2, 0) is 0 Å². The van der Waals surface area contributed by atoms with E-state index >= 15 is 0 Å². The summed E-state index contributed by atoms with van der Waals surface area (Å²) in [5.74, 6) is 0. The molecule has 1 aliphatic rings. The molecular weight excluding hydrogens is 320 g/mol. The van der Waals surface area contributed by atoms with Crippen molar-refractivity contribution in [1.82, 2.24) is 4.98 Å². The quantitative estimate of drug-likeness (QED) is 0.667. The van der Waals surface area contributed by atoms with Crippen molar-refractivity contribution in [2.24, 2.45) is 4.99 Å². The Bertz CT molecular complexity index is 836. The number of nitrogens with zero attached hydrogens (tertiary/aromatic N) is 4. The Balaban J connectivity index is 1.37. The Hall–Kier alpha value is -3.14. The number of hydrogen-bond donors (Lipinski definition) is 0. The van der Waals surface area contributed by atoms with Crippen LogP contribution in [0.15, 0.2) is 84.0 Å². The molecule has 0 bridgehead atoms. The van der Waals surface area contributed by atoms with Gasteiger partial charge in [0.25, 0.3) is 0 Å². The van der Waals surface area contributed by atoms with Crippen LogP contribution in [0.2, 0.25) is 0 Å². The third-order valence-corrected chi connectivity index (χ3v) is 4.65. The van der Waals surface area contributed by atoms with Gasteiger partial charge < -0.3 is 9.80 Å². The van der Waals surface area contributed by atoms with Gasteiger partial charge in [0.2, 0.25) is 0 Å². The zero-order valence-corrected chi connectivity index (χ0v) is 14.7. The average molecular weight is 342 g/mol. The lowest BCUT2D eigenvalue weighted by molar-refractivity contribution is 0.653. The van der Waals surface area contributed by atoms with Crippen LogP contribution in [0.1, 0.15) is 5.69 Å². The van der Waals surface area contributed by atoms with Gasteiger partial charge in [0, 0.05) is 43.8 Å². The van der Waals surface area contributed by atoms with Gasteiger partial charge in [0.05, 0.1) is 17.6 Å². The molecule has 0 saturated carbocycles. The summed E-state index contributed by atoms with van der Waals surface area (Å²) in [4.78, 5) is 13.6. The average Bonchev–Trinajstić information content (AvgIpc) is 2.74. The summed E-state index contributed by atoms with van der Waals surface area (Å²) >= 11 is 0. The maximum Gasteiger partial charge on any atom is 0.0812 e. The van der Waals surface area contributed by atoms with E-state index in [0.717, 1.165) is 37.6 Å². The van der Waals surface area contributed by atoms with E-state index in [9.17, 15) is 0 Å². The zero-order chi connectivity index (χ0) is 17.6. The van der Waals surface area contributed by atoms with Crippen LogP contribution in [0.5, 0.6) is 0 Å². The molecule has 0 atom stereocenters. The van der Waals surface area contributed by atoms with Gasteiger partial charge in [-0.3, -0.25) is 9.98 Å². The Labute approximate surface area is 154 Å². The van der Waals surface area contributed by atoms with Gasteiger partial charge in [0.1, 0.15) is 0 Å². The van der Waals surface area contributed by atoms with Crippen LogP contribution in [0, 0.1) is 0 Å². The maximum absolute atomic E-state index is 4.50. The van der Waals surface area contributed by atoms with E-state index in [4.69, 9.17) is 0 Å². The second kappa shape index (κ2) is 7.83. The topological polar surface area (TPSA) is 31.7 Å². The first-order valence-electron chi connectivity index (χ1n) is 8.99. The summed E-state index contributed by atoms with van der Waals surface area (Å²) in [6.07, 6.45) is 3.58. The number of anilines is 2. The molecule has 4 nitrogen and oxygen atoms in total. The van der Waals surface area contributed by atoms with Crippen LogP contribution >= 0.6 is 0 Å². The van der Waals surface area contributed by atoms with E-state index in [1.807, 2.05) is 18.2 Å². The van der Waals surface area contributed by atoms with Crippen LogP contribution in [0.4, 0.5) is 17.1 Å². The lowest BCUT2D eigenvalue weighted by Crippen LogP contribution is -2.46. The highest BCUT2D eigenvalue weighted by molar-refractivity contribution is 5.79. The van der Waals surface area contributed by atoms with Crippen molar-refractivity contribution in [3.8, 4) is 0 Å². The monoisotopic (exact) mass is 342 g/mol. The summed E-state index contributed by atoms with van der Waals surface area (Å²) < 4.78 is 0. The van der Waals surface area contributed by atoms with Gasteiger partial charge >= 0.3 is 0 Å². The first-order valence-corrected chi connectivity index (χ1v) is 8.99.